The molecular formula is C23H40O20. The van der Waals surface area contributed by atoms with Crippen molar-refractivity contribution in [2.45, 2.75) is 117 Å². The van der Waals surface area contributed by atoms with E-state index in [4.69, 9.17) is 33.2 Å². The van der Waals surface area contributed by atoms with E-state index >= 15 is 0 Å². The number of rotatable bonds is 9. The molecule has 0 aromatic carbocycles. The van der Waals surface area contributed by atoms with Gasteiger partial charge in [-0.1, -0.05) is 0 Å². The number of hydrogen-bond donors (Lipinski definition) is 13. The van der Waals surface area contributed by atoms with Crippen LogP contribution in [0.2, 0.25) is 0 Å². The summed E-state index contributed by atoms with van der Waals surface area (Å²) in [6.45, 7) is -3.11. The third-order valence-electron chi connectivity index (χ3n) is 7.81. The molecular weight excluding hydrogens is 596 g/mol. The highest BCUT2D eigenvalue weighted by Crippen LogP contribution is 2.35. The molecule has 4 aliphatic heterocycles. The summed E-state index contributed by atoms with van der Waals surface area (Å²) in [5.41, 5.74) is 0. The second-order valence-electron chi connectivity index (χ2n) is 10.7. The number of hydrogen-bond acceptors (Lipinski definition) is 20. The summed E-state index contributed by atoms with van der Waals surface area (Å²) in [5.74, 6) is 0. The average Bonchev–Trinajstić information content (AvgIpc) is 2.99. The Labute approximate surface area is 243 Å². The first kappa shape index (κ1) is 35.1. The van der Waals surface area contributed by atoms with Crippen LogP contribution in [0.4, 0.5) is 0 Å². The van der Waals surface area contributed by atoms with Crippen molar-refractivity contribution < 1.29 is 99.5 Å². The molecule has 4 saturated heterocycles. The van der Waals surface area contributed by atoms with Crippen LogP contribution in [0.25, 0.3) is 0 Å². The predicted octanol–water partition coefficient (Wildman–Crippen LogP) is -9.11. The lowest BCUT2D eigenvalue weighted by atomic mass is 9.95. The first-order valence-electron chi connectivity index (χ1n) is 13.5. The van der Waals surface area contributed by atoms with Gasteiger partial charge in [-0.15, -0.1) is 0 Å². The summed E-state index contributed by atoms with van der Waals surface area (Å²) in [6.07, 6.45) is -33.8. The molecule has 0 aliphatic carbocycles. The molecule has 252 valence electrons. The monoisotopic (exact) mass is 636 g/mol. The minimum absolute atomic E-state index is 0.534. The van der Waals surface area contributed by atoms with Gasteiger partial charge in [0, 0.05) is 0 Å². The Morgan fingerprint density at radius 2 is 0.977 bits per heavy atom. The van der Waals surface area contributed by atoms with Crippen LogP contribution in [0.1, 0.15) is 0 Å². The molecule has 19 atom stereocenters. The van der Waals surface area contributed by atoms with E-state index in [1.165, 1.54) is 0 Å². The molecule has 0 bridgehead atoms. The highest BCUT2D eigenvalue weighted by atomic mass is 16.8. The predicted molar refractivity (Wildman–Crippen MR) is 128 cm³/mol. The molecule has 0 saturated carbocycles. The summed E-state index contributed by atoms with van der Waals surface area (Å²) in [4.78, 5) is 0. The van der Waals surface area contributed by atoms with Gasteiger partial charge in [0.2, 0.25) is 0 Å². The molecule has 0 spiro atoms. The van der Waals surface area contributed by atoms with Crippen molar-refractivity contribution in [3.05, 3.63) is 0 Å². The van der Waals surface area contributed by atoms with Crippen LogP contribution < -0.4 is 0 Å². The summed E-state index contributed by atoms with van der Waals surface area (Å²) in [5, 5.41) is 132. The van der Waals surface area contributed by atoms with Crippen LogP contribution in [-0.4, -0.2) is 210 Å². The quantitative estimate of drug-likeness (QED) is 0.112. The molecule has 4 fully saturated rings. The van der Waals surface area contributed by atoms with Gasteiger partial charge in [0.05, 0.1) is 26.4 Å². The lowest BCUT2D eigenvalue weighted by molar-refractivity contribution is -0.401. The Kier molecular flexibility index (Phi) is 12.0. The Balaban J connectivity index is 1.67. The van der Waals surface area contributed by atoms with Gasteiger partial charge in [-0.2, -0.15) is 0 Å². The van der Waals surface area contributed by atoms with E-state index in [0.717, 1.165) is 0 Å². The van der Waals surface area contributed by atoms with Gasteiger partial charge >= 0.3 is 0 Å². The lowest BCUT2D eigenvalue weighted by Crippen LogP contribution is -2.68. The third kappa shape index (κ3) is 7.13. The Hall–Kier alpha value is -0.800. The van der Waals surface area contributed by atoms with Gasteiger partial charge in [0.15, 0.2) is 25.2 Å². The van der Waals surface area contributed by atoms with Crippen LogP contribution >= 0.6 is 0 Å². The molecule has 20 nitrogen and oxygen atoms in total. The molecule has 0 amide bonds. The normalized spacial score (nSPS) is 53.1. The second kappa shape index (κ2) is 14.7. The van der Waals surface area contributed by atoms with Crippen LogP contribution in [0, 0.1) is 0 Å². The fraction of sp³-hybridized carbons (Fsp3) is 1.00. The smallest absolute Gasteiger partial charge is 0.187 e. The second-order valence-corrected chi connectivity index (χ2v) is 10.7. The van der Waals surface area contributed by atoms with E-state index in [1.54, 1.807) is 0 Å². The van der Waals surface area contributed by atoms with E-state index in [0.29, 0.717) is 0 Å². The summed E-state index contributed by atoms with van der Waals surface area (Å²) in [7, 11) is 0. The maximum Gasteiger partial charge on any atom is 0.187 e. The molecule has 0 radical (unpaired) electrons. The fourth-order valence-corrected chi connectivity index (χ4v) is 5.23. The van der Waals surface area contributed by atoms with Crippen LogP contribution in [0.15, 0.2) is 0 Å². The van der Waals surface area contributed by atoms with Crippen molar-refractivity contribution >= 4 is 0 Å². The van der Waals surface area contributed by atoms with E-state index in [9.17, 15) is 66.4 Å². The highest BCUT2D eigenvalue weighted by molar-refractivity contribution is 4.98. The SMILES string of the molecule is OC[C@H]1O[C@H](O[C@H]2[C@H](O)[C@@H](CO)O[C@@H](O[C@H]3[C@H](O)[C@@H](O)[C@H](O)O[C@@H]3CO)[C@H]2O[C@@H]2OC[C@@H](O)[C@H](O)[C@H]2O)[C@@H](O)[C@@H](O)[C@@H]1O. The lowest BCUT2D eigenvalue weighted by Gasteiger charge is -2.50. The zero-order valence-corrected chi connectivity index (χ0v) is 22.5. The molecule has 43 heavy (non-hydrogen) atoms. The summed E-state index contributed by atoms with van der Waals surface area (Å²) in [6, 6.07) is 0. The van der Waals surface area contributed by atoms with Crippen molar-refractivity contribution in [3.63, 3.8) is 0 Å². The van der Waals surface area contributed by atoms with Crippen LogP contribution in [0.5, 0.6) is 0 Å². The molecule has 0 aromatic heterocycles. The molecule has 13 N–H and O–H groups in total. The Morgan fingerprint density at radius 1 is 0.442 bits per heavy atom. The van der Waals surface area contributed by atoms with Gasteiger partial charge in [0.1, 0.15) is 91.6 Å². The van der Waals surface area contributed by atoms with Crippen molar-refractivity contribution in [2.24, 2.45) is 0 Å². The Morgan fingerprint density at radius 3 is 1.60 bits per heavy atom. The van der Waals surface area contributed by atoms with Gasteiger partial charge < -0.3 is 99.5 Å². The number of aliphatic hydroxyl groups excluding tert-OH is 13. The van der Waals surface area contributed by atoms with Crippen molar-refractivity contribution in [1.82, 2.24) is 0 Å². The van der Waals surface area contributed by atoms with E-state index in [1.807, 2.05) is 0 Å². The maximum atomic E-state index is 11.1. The maximum absolute atomic E-state index is 11.1. The van der Waals surface area contributed by atoms with Gasteiger partial charge in [-0.25, -0.2) is 0 Å². The van der Waals surface area contributed by atoms with E-state index < -0.39 is 143 Å². The highest BCUT2D eigenvalue weighted by Gasteiger charge is 2.55. The zero-order chi connectivity index (χ0) is 31.7. The van der Waals surface area contributed by atoms with Crippen molar-refractivity contribution in [2.75, 3.05) is 26.4 Å². The first-order chi connectivity index (χ1) is 20.3. The van der Waals surface area contributed by atoms with Gasteiger partial charge in [0.25, 0.3) is 0 Å². The van der Waals surface area contributed by atoms with Crippen molar-refractivity contribution in [3.8, 4) is 0 Å². The van der Waals surface area contributed by atoms with Crippen LogP contribution in [0.3, 0.4) is 0 Å². The van der Waals surface area contributed by atoms with Crippen molar-refractivity contribution in [1.29, 1.82) is 0 Å². The molecule has 4 rings (SSSR count). The third-order valence-corrected chi connectivity index (χ3v) is 7.81. The largest absolute Gasteiger partial charge is 0.394 e. The topological polar surface area (TPSA) is 328 Å². The molecule has 0 aromatic rings. The van der Waals surface area contributed by atoms with Gasteiger partial charge in [-0.05, 0) is 0 Å². The zero-order valence-electron chi connectivity index (χ0n) is 22.5. The summed E-state index contributed by atoms with van der Waals surface area (Å²) >= 11 is 0. The molecule has 4 aliphatic rings. The van der Waals surface area contributed by atoms with Gasteiger partial charge in [-0.3, -0.25) is 0 Å². The molecule has 20 heteroatoms. The minimum Gasteiger partial charge on any atom is -0.394 e. The Bertz CT molecular complexity index is 867. The standard InChI is InChI=1S/C23H40O20/c24-1-6-10(29)12(31)16(35)22(39-6)42-18-11(30)7(2-25)40-23(19(18)43-21-15(34)9(28)5(27)4-37-21)41-17-8(3-26)38-20(36)14(33)13(17)32/h5-36H,1-4H2/t5-,6-,7-,8-,9+,10-,11-,12+,13-,14-,15-,16+,17-,18+,19+,20-,21+,22-,23+/m1/s1. The number of aliphatic hydroxyl groups is 13. The number of ether oxygens (including phenoxy) is 7. The first-order valence-corrected chi connectivity index (χ1v) is 13.5. The molecule has 0 unspecified atom stereocenters. The fourth-order valence-electron chi connectivity index (χ4n) is 5.23. The van der Waals surface area contributed by atoms with E-state index in [-0.39, 0.29) is 0 Å². The minimum atomic E-state index is -1.97. The average molecular weight is 637 g/mol. The van der Waals surface area contributed by atoms with Crippen LogP contribution in [-0.2, 0) is 33.2 Å². The molecule has 4 heterocycles. The summed E-state index contributed by atoms with van der Waals surface area (Å²) < 4.78 is 38.6. The van der Waals surface area contributed by atoms with E-state index in [2.05, 4.69) is 0 Å².